The van der Waals surface area contributed by atoms with Gasteiger partial charge in [-0.1, -0.05) is 6.07 Å². The van der Waals surface area contributed by atoms with Crippen LogP contribution in [0.3, 0.4) is 0 Å². The lowest BCUT2D eigenvalue weighted by Gasteiger charge is -2.18. The third kappa shape index (κ3) is 3.97. The normalized spacial score (nSPS) is 10.4. The first-order chi connectivity index (χ1) is 8.57. The van der Waals surface area contributed by atoms with Gasteiger partial charge in [-0.25, -0.2) is 0 Å². The average Bonchev–Trinajstić information content (AvgIpc) is 2.37. The maximum absolute atomic E-state index is 12.1. The standard InChI is InChI=1S/C12H17BrN2O3/c1-15(5-7-18-8-6-16)12(17)9-3-2-4-10(14)11(9)13/h2-4,16H,5-8,14H2,1H3. The number of ether oxygens (including phenoxy) is 1. The molecule has 1 aromatic rings. The predicted octanol–water partition coefficient (Wildman–Crippen LogP) is 1.11. The van der Waals surface area contributed by atoms with Crippen LogP contribution in [0.1, 0.15) is 10.4 Å². The van der Waals surface area contributed by atoms with Crippen molar-refractivity contribution in [2.45, 2.75) is 0 Å². The zero-order chi connectivity index (χ0) is 13.5. The Bertz CT molecular complexity index is 412. The van der Waals surface area contributed by atoms with Crippen molar-refractivity contribution in [2.75, 3.05) is 39.1 Å². The first-order valence-electron chi connectivity index (χ1n) is 5.56. The van der Waals surface area contributed by atoms with Crippen LogP contribution in [0.15, 0.2) is 22.7 Å². The van der Waals surface area contributed by atoms with Crippen LogP contribution in [0.2, 0.25) is 0 Å². The Morgan fingerprint density at radius 3 is 2.89 bits per heavy atom. The molecule has 100 valence electrons. The highest BCUT2D eigenvalue weighted by atomic mass is 79.9. The van der Waals surface area contributed by atoms with E-state index in [1.54, 1.807) is 30.1 Å². The van der Waals surface area contributed by atoms with Crippen LogP contribution in [0.4, 0.5) is 5.69 Å². The minimum atomic E-state index is -0.123. The fraction of sp³-hybridized carbons (Fsp3) is 0.417. The van der Waals surface area contributed by atoms with Crippen molar-refractivity contribution in [3.05, 3.63) is 28.2 Å². The predicted molar refractivity (Wildman–Crippen MR) is 73.4 cm³/mol. The van der Waals surface area contributed by atoms with E-state index in [-0.39, 0.29) is 19.1 Å². The van der Waals surface area contributed by atoms with Gasteiger partial charge in [0.05, 0.1) is 29.9 Å². The Labute approximate surface area is 115 Å². The van der Waals surface area contributed by atoms with Gasteiger partial charge in [0, 0.05) is 19.3 Å². The number of hydrogen-bond acceptors (Lipinski definition) is 4. The van der Waals surface area contributed by atoms with Gasteiger partial charge in [-0.05, 0) is 28.1 Å². The van der Waals surface area contributed by atoms with E-state index in [0.29, 0.717) is 28.9 Å². The number of benzene rings is 1. The average molecular weight is 317 g/mol. The largest absolute Gasteiger partial charge is 0.398 e. The first-order valence-corrected chi connectivity index (χ1v) is 6.35. The van der Waals surface area contributed by atoms with Crippen molar-refractivity contribution < 1.29 is 14.6 Å². The molecule has 0 spiro atoms. The molecule has 0 saturated heterocycles. The summed E-state index contributed by atoms with van der Waals surface area (Å²) in [4.78, 5) is 13.7. The Hall–Kier alpha value is -1.11. The number of hydrogen-bond donors (Lipinski definition) is 2. The molecule has 3 N–H and O–H groups in total. The Balaban J connectivity index is 2.60. The highest BCUT2D eigenvalue weighted by Crippen LogP contribution is 2.24. The first kappa shape index (κ1) is 14.9. The molecular formula is C12H17BrN2O3. The second kappa shape index (κ2) is 7.35. The molecule has 0 aliphatic heterocycles. The van der Waals surface area contributed by atoms with E-state index in [1.165, 1.54) is 0 Å². The van der Waals surface area contributed by atoms with Crippen LogP contribution < -0.4 is 5.73 Å². The molecule has 6 heteroatoms. The highest BCUT2D eigenvalue weighted by molar-refractivity contribution is 9.10. The molecule has 0 radical (unpaired) electrons. The molecule has 0 aliphatic rings. The van der Waals surface area contributed by atoms with Gasteiger partial charge in [-0.3, -0.25) is 4.79 Å². The number of carbonyl (C=O) groups excluding carboxylic acids is 1. The monoisotopic (exact) mass is 316 g/mol. The van der Waals surface area contributed by atoms with E-state index in [4.69, 9.17) is 15.6 Å². The van der Waals surface area contributed by atoms with Gasteiger partial charge in [0.1, 0.15) is 0 Å². The summed E-state index contributed by atoms with van der Waals surface area (Å²) in [7, 11) is 1.69. The summed E-state index contributed by atoms with van der Waals surface area (Å²) in [6.07, 6.45) is 0. The lowest BCUT2D eigenvalue weighted by Crippen LogP contribution is -2.30. The molecule has 0 aromatic heterocycles. The molecule has 0 aliphatic carbocycles. The van der Waals surface area contributed by atoms with E-state index in [1.807, 2.05) is 0 Å². The van der Waals surface area contributed by atoms with Gasteiger partial charge in [0.25, 0.3) is 5.91 Å². The SMILES string of the molecule is CN(CCOCCO)C(=O)c1cccc(N)c1Br. The number of carbonyl (C=O) groups is 1. The van der Waals surface area contributed by atoms with Crippen LogP contribution in [0.5, 0.6) is 0 Å². The van der Waals surface area contributed by atoms with Crippen molar-refractivity contribution in [1.29, 1.82) is 0 Å². The zero-order valence-corrected chi connectivity index (χ0v) is 11.8. The number of anilines is 1. The summed E-state index contributed by atoms with van der Waals surface area (Å²) in [5.41, 5.74) is 6.79. The smallest absolute Gasteiger partial charge is 0.254 e. The van der Waals surface area contributed by atoms with E-state index < -0.39 is 0 Å². The topological polar surface area (TPSA) is 75.8 Å². The molecule has 1 aromatic carbocycles. The third-order valence-electron chi connectivity index (χ3n) is 2.41. The number of aliphatic hydroxyl groups is 1. The number of nitrogen functional groups attached to an aromatic ring is 1. The van der Waals surface area contributed by atoms with Gasteiger partial charge in [-0.15, -0.1) is 0 Å². The number of nitrogens with zero attached hydrogens (tertiary/aromatic N) is 1. The number of rotatable bonds is 6. The quantitative estimate of drug-likeness (QED) is 0.609. The maximum atomic E-state index is 12.1. The maximum Gasteiger partial charge on any atom is 0.254 e. The van der Waals surface area contributed by atoms with Gasteiger partial charge < -0.3 is 20.5 Å². The van der Waals surface area contributed by atoms with E-state index >= 15 is 0 Å². The Morgan fingerprint density at radius 2 is 2.22 bits per heavy atom. The van der Waals surface area contributed by atoms with Crippen LogP contribution in [0, 0.1) is 0 Å². The summed E-state index contributed by atoms with van der Waals surface area (Å²) in [5.74, 6) is -0.123. The van der Waals surface area contributed by atoms with Crippen molar-refractivity contribution in [3.8, 4) is 0 Å². The highest BCUT2D eigenvalue weighted by Gasteiger charge is 2.15. The molecule has 0 bridgehead atoms. The van der Waals surface area contributed by atoms with Gasteiger partial charge in [0.15, 0.2) is 0 Å². The second-order valence-electron chi connectivity index (χ2n) is 3.77. The van der Waals surface area contributed by atoms with Crippen molar-refractivity contribution in [1.82, 2.24) is 4.90 Å². The molecule has 1 rings (SSSR count). The second-order valence-corrected chi connectivity index (χ2v) is 4.56. The number of amides is 1. The molecule has 0 unspecified atom stereocenters. The minimum absolute atomic E-state index is 0.0154. The van der Waals surface area contributed by atoms with Crippen LogP contribution in [-0.2, 0) is 4.74 Å². The van der Waals surface area contributed by atoms with Crippen molar-refractivity contribution in [2.24, 2.45) is 0 Å². The number of likely N-dealkylation sites (N-methyl/N-ethyl adjacent to an activating group) is 1. The number of nitrogens with two attached hydrogens (primary N) is 1. The molecule has 18 heavy (non-hydrogen) atoms. The van der Waals surface area contributed by atoms with Crippen molar-refractivity contribution in [3.63, 3.8) is 0 Å². The molecule has 5 nitrogen and oxygen atoms in total. The number of halogens is 1. The van der Waals surface area contributed by atoms with E-state index in [2.05, 4.69) is 15.9 Å². The Kier molecular flexibility index (Phi) is 6.11. The summed E-state index contributed by atoms with van der Waals surface area (Å²) in [6.45, 7) is 1.12. The fourth-order valence-corrected chi connectivity index (χ4v) is 1.82. The molecular weight excluding hydrogens is 300 g/mol. The summed E-state index contributed by atoms with van der Waals surface area (Å²) < 4.78 is 5.72. The molecule has 0 saturated carbocycles. The molecule has 0 atom stereocenters. The summed E-state index contributed by atoms with van der Waals surface area (Å²) in [6, 6.07) is 5.18. The van der Waals surface area contributed by atoms with Gasteiger partial charge >= 0.3 is 0 Å². The Morgan fingerprint density at radius 1 is 1.50 bits per heavy atom. The fourth-order valence-electron chi connectivity index (χ4n) is 1.39. The molecule has 0 fully saturated rings. The van der Waals surface area contributed by atoms with Gasteiger partial charge in [0.2, 0.25) is 0 Å². The van der Waals surface area contributed by atoms with Crippen LogP contribution in [-0.4, -0.2) is 49.3 Å². The third-order valence-corrected chi connectivity index (χ3v) is 3.30. The summed E-state index contributed by atoms with van der Waals surface area (Å²) >= 11 is 3.31. The zero-order valence-electron chi connectivity index (χ0n) is 10.2. The van der Waals surface area contributed by atoms with Gasteiger partial charge in [-0.2, -0.15) is 0 Å². The summed E-state index contributed by atoms with van der Waals surface area (Å²) in [5, 5.41) is 8.56. The van der Waals surface area contributed by atoms with Crippen LogP contribution in [0.25, 0.3) is 0 Å². The van der Waals surface area contributed by atoms with Crippen LogP contribution >= 0.6 is 15.9 Å². The van der Waals surface area contributed by atoms with E-state index in [0.717, 1.165) is 0 Å². The van der Waals surface area contributed by atoms with Crippen molar-refractivity contribution >= 4 is 27.5 Å². The minimum Gasteiger partial charge on any atom is -0.398 e. The van der Waals surface area contributed by atoms with E-state index in [9.17, 15) is 4.79 Å². The lowest BCUT2D eigenvalue weighted by atomic mass is 10.2. The number of aliphatic hydroxyl groups excluding tert-OH is 1. The lowest BCUT2D eigenvalue weighted by molar-refractivity contribution is 0.0618. The molecule has 1 amide bonds. The molecule has 0 heterocycles.